The Morgan fingerprint density at radius 2 is 0.903 bits per heavy atom. The number of hydrogen-bond donors (Lipinski definition) is 0. The lowest BCUT2D eigenvalue weighted by Gasteiger charge is -2.08. The van der Waals surface area contributed by atoms with Gasteiger partial charge in [-0.25, -0.2) is 0 Å². The van der Waals surface area contributed by atoms with Crippen molar-refractivity contribution in [1.29, 1.82) is 0 Å². The van der Waals surface area contributed by atoms with Gasteiger partial charge in [-0.3, -0.25) is 9.59 Å². The summed E-state index contributed by atoms with van der Waals surface area (Å²) in [5, 5.41) is 0. The Bertz CT molecular complexity index is 1140. The molecule has 0 aliphatic heterocycles. The highest BCUT2D eigenvalue weighted by molar-refractivity contribution is 6.09. The van der Waals surface area contributed by atoms with E-state index in [0.717, 1.165) is 11.1 Å². The standard InChI is InChI=1S/C28H22O3/c1-19-5-3-7-23(17-19)27(29)21-9-13-25(14-10-21)31-26-15-11-22(12-16-26)28(30)24-8-4-6-20(2)18-24/h3-18H,1-2H3. The van der Waals surface area contributed by atoms with Crippen molar-refractivity contribution in [2.75, 3.05) is 0 Å². The molecule has 0 unspecified atom stereocenters. The number of carbonyl (C=O) groups is 2. The summed E-state index contributed by atoms with van der Waals surface area (Å²) < 4.78 is 5.87. The molecule has 0 radical (unpaired) electrons. The second kappa shape index (κ2) is 8.80. The minimum Gasteiger partial charge on any atom is -0.457 e. The molecule has 3 nitrogen and oxygen atoms in total. The van der Waals surface area contributed by atoms with Gasteiger partial charge in [-0.15, -0.1) is 0 Å². The van der Waals surface area contributed by atoms with Crippen molar-refractivity contribution in [2.24, 2.45) is 0 Å². The smallest absolute Gasteiger partial charge is 0.193 e. The Morgan fingerprint density at radius 3 is 1.26 bits per heavy atom. The van der Waals surface area contributed by atoms with Crippen molar-refractivity contribution in [3.8, 4) is 11.5 Å². The average Bonchev–Trinajstić information content (AvgIpc) is 2.79. The molecule has 0 aliphatic carbocycles. The third kappa shape index (κ3) is 4.78. The van der Waals surface area contributed by atoms with Gasteiger partial charge in [0.05, 0.1) is 0 Å². The summed E-state index contributed by atoms with van der Waals surface area (Å²) in [7, 11) is 0. The number of hydrogen-bond acceptors (Lipinski definition) is 3. The van der Waals surface area contributed by atoms with Crippen LogP contribution in [0.1, 0.15) is 43.0 Å². The Balaban J connectivity index is 1.45. The van der Waals surface area contributed by atoms with Crippen molar-refractivity contribution in [2.45, 2.75) is 13.8 Å². The molecule has 4 rings (SSSR count). The van der Waals surface area contributed by atoms with Crippen molar-refractivity contribution in [1.82, 2.24) is 0 Å². The average molecular weight is 406 g/mol. The van der Waals surface area contributed by atoms with E-state index in [4.69, 9.17) is 4.74 Å². The fourth-order valence-electron chi connectivity index (χ4n) is 3.39. The molecule has 0 heterocycles. The number of benzene rings is 4. The molecule has 0 saturated heterocycles. The van der Waals surface area contributed by atoms with Crippen LogP contribution in [-0.2, 0) is 0 Å². The van der Waals surface area contributed by atoms with Crippen LogP contribution in [0.3, 0.4) is 0 Å². The molecule has 152 valence electrons. The predicted octanol–water partition coefficient (Wildman–Crippen LogP) is 6.56. The minimum absolute atomic E-state index is 0.0192. The normalized spacial score (nSPS) is 10.5. The van der Waals surface area contributed by atoms with Gasteiger partial charge in [0.15, 0.2) is 11.6 Å². The Morgan fingerprint density at radius 1 is 0.516 bits per heavy atom. The number of rotatable bonds is 6. The number of ketones is 2. The predicted molar refractivity (Wildman–Crippen MR) is 122 cm³/mol. The van der Waals surface area contributed by atoms with Gasteiger partial charge in [-0.1, -0.05) is 47.5 Å². The van der Waals surface area contributed by atoms with Gasteiger partial charge in [0.2, 0.25) is 0 Å². The summed E-state index contributed by atoms with van der Waals surface area (Å²) in [5.41, 5.74) is 4.66. The second-order valence-electron chi connectivity index (χ2n) is 7.55. The van der Waals surface area contributed by atoms with Gasteiger partial charge in [-0.2, -0.15) is 0 Å². The van der Waals surface area contributed by atoms with Gasteiger partial charge in [-0.05, 0) is 74.5 Å². The zero-order valence-electron chi connectivity index (χ0n) is 17.5. The lowest BCUT2D eigenvalue weighted by atomic mass is 10.0. The van der Waals surface area contributed by atoms with Crippen LogP contribution in [0.25, 0.3) is 0 Å². The molecule has 0 amide bonds. The molecule has 4 aromatic carbocycles. The first kappa shape index (κ1) is 20.3. The third-order valence-electron chi connectivity index (χ3n) is 5.03. The van der Waals surface area contributed by atoms with E-state index >= 15 is 0 Å². The highest BCUT2D eigenvalue weighted by atomic mass is 16.5. The topological polar surface area (TPSA) is 43.4 Å². The quantitative estimate of drug-likeness (QED) is 0.341. The van der Waals surface area contributed by atoms with E-state index < -0.39 is 0 Å². The summed E-state index contributed by atoms with van der Waals surface area (Å²) in [6.45, 7) is 3.93. The molecule has 0 aliphatic rings. The van der Waals surface area contributed by atoms with E-state index in [0.29, 0.717) is 33.8 Å². The van der Waals surface area contributed by atoms with E-state index in [9.17, 15) is 9.59 Å². The summed E-state index contributed by atoms with van der Waals surface area (Å²) in [6, 6.07) is 29.2. The molecule has 0 spiro atoms. The van der Waals surface area contributed by atoms with Crippen molar-refractivity contribution >= 4 is 11.6 Å². The van der Waals surface area contributed by atoms with E-state index in [1.807, 2.05) is 62.4 Å². The molecule has 0 bridgehead atoms. The number of carbonyl (C=O) groups excluding carboxylic acids is 2. The Hall–Kier alpha value is -3.98. The van der Waals surface area contributed by atoms with Crippen LogP contribution in [0.2, 0.25) is 0 Å². The van der Waals surface area contributed by atoms with E-state index in [1.54, 1.807) is 48.5 Å². The highest BCUT2D eigenvalue weighted by Crippen LogP contribution is 2.24. The molecule has 0 N–H and O–H groups in total. The fourth-order valence-corrected chi connectivity index (χ4v) is 3.39. The summed E-state index contributed by atoms with van der Waals surface area (Å²) in [6.07, 6.45) is 0. The van der Waals surface area contributed by atoms with E-state index in [2.05, 4.69) is 0 Å². The van der Waals surface area contributed by atoms with E-state index in [-0.39, 0.29) is 11.6 Å². The first-order valence-electron chi connectivity index (χ1n) is 10.1. The van der Waals surface area contributed by atoms with Crippen LogP contribution in [0.5, 0.6) is 11.5 Å². The summed E-state index contributed by atoms with van der Waals surface area (Å²) in [5.74, 6) is 1.21. The number of aryl methyl sites for hydroxylation is 2. The lowest BCUT2D eigenvalue weighted by Crippen LogP contribution is -2.01. The zero-order valence-corrected chi connectivity index (χ0v) is 17.5. The van der Waals surface area contributed by atoms with Crippen LogP contribution < -0.4 is 4.74 Å². The molecule has 0 fully saturated rings. The zero-order chi connectivity index (χ0) is 21.8. The first-order valence-corrected chi connectivity index (χ1v) is 10.1. The molecule has 4 aromatic rings. The molecule has 3 heteroatoms. The maximum absolute atomic E-state index is 12.6. The molecular weight excluding hydrogens is 384 g/mol. The molecular formula is C28H22O3. The fraction of sp³-hybridized carbons (Fsp3) is 0.0714. The van der Waals surface area contributed by atoms with Gasteiger partial charge in [0.25, 0.3) is 0 Å². The molecule has 0 saturated carbocycles. The highest BCUT2D eigenvalue weighted by Gasteiger charge is 2.11. The Labute approximate surface area is 181 Å². The monoisotopic (exact) mass is 406 g/mol. The van der Waals surface area contributed by atoms with Crippen molar-refractivity contribution in [3.05, 3.63) is 130 Å². The van der Waals surface area contributed by atoms with Crippen LogP contribution >= 0.6 is 0 Å². The van der Waals surface area contributed by atoms with Crippen molar-refractivity contribution < 1.29 is 14.3 Å². The molecule has 0 atom stereocenters. The first-order chi connectivity index (χ1) is 15.0. The molecule has 31 heavy (non-hydrogen) atoms. The van der Waals surface area contributed by atoms with E-state index in [1.165, 1.54) is 0 Å². The maximum Gasteiger partial charge on any atom is 0.193 e. The molecule has 0 aromatic heterocycles. The summed E-state index contributed by atoms with van der Waals surface area (Å²) >= 11 is 0. The van der Waals surface area contributed by atoms with Gasteiger partial charge in [0.1, 0.15) is 11.5 Å². The summed E-state index contributed by atoms with van der Waals surface area (Å²) in [4.78, 5) is 25.3. The minimum atomic E-state index is -0.0192. The van der Waals surface area contributed by atoms with Gasteiger partial charge in [0, 0.05) is 22.3 Å². The van der Waals surface area contributed by atoms with Gasteiger partial charge >= 0.3 is 0 Å². The van der Waals surface area contributed by atoms with Crippen molar-refractivity contribution in [3.63, 3.8) is 0 Å². The second-order valence-corrected chi connectivity index (χ2v) is 7.55. The Kier molecular flexibility index (Phi) is 5.76. The van der Waals surface area contributed by atoms with Crippen LogP contribution in [-0.4, -0.2) is 11.6 Å². The largest absolute Gasteiger partial charge is 0.457 e. The SMILES string of the molecule is Cc1cccc(C(=O)c2ccc(Oc3ccc(C(=O)c4cccc(C)c4)cc3)cc2)c1. The van der Waals surface area contributed by atoms with Crippen LogP contribution in [0.15, 0.2) is 97.1 Å². The van der Waals surface area contributed by atoms with Crippen LogP contribution in [0.4, 0.5) is 0 Å². The maximum atomic E-state index is 12.6. The lowest BCUT2D eigenvalue weighted by molar-refractivity contribution is 0.103. The van der Waals surface area contributed by atoms with Crippen LogP contribution in [0, 0.1) is 13.8 Å². The third-order valence-corrected chi connectivity index (χ3v) is 5.03. The number of ether oxygens (including phenoxy) is 1. The van der Waals surface area contributed by atoms with Gasteiger partial charge < -0.3 is 4.74 Å².